The van der Waals surface area contributed by atoms with Crippen LogP contribution in [-0.4, -0.2) is 50.2 Å². The molecule has 1 aromatic rings. The van der Waals surface area contributed by atoms with E-state index in [2.05, 4.69) is 10.2 Å². The Morgan fingerprint density at radius 3 is 2.33 bits per heavy atom. The molecule has 0 aromatic heterocycles. The molecule has 0 unspecified atom stereocenters. The summed E-state index contributed by atoms with van der Waals surface area (Å²) in [4.78, 5) is 14.2. The van der Waals surface area contributed by atoms with E-state index in [1.807, 2.05) is 31.2 Å². The fraction of sp³-hybridized carbons (Fsp3) is 0.611. The summed E-state index contributed by atoms with van der Waals surface area (Å²) < 4.78 is 10.8. The van der Waals surface area contributed by atoms with Gasteiger partial charge >= 0.3 is 0 Å². The Morgan fingerprint density at radius 1 is 1.08 bits per heavy atom. The van der Waals surface area contributed by atoms with E-state index in [0.29, 0.717) is 12.4 Å². The number of hydrogen-bond donors (Lipinski definition) is 1. The van der Waals surface area contributed by atoms with Gasteiger partial charge in [0.2, 0.25) is 0 Å². The highest BCUT2D eigenvalue weighted by Gasteiger charge is 2.10. The molecule has 0 bridgehead atoms. The lowest BCUT2D eigenvalue weighted by molar-refractivity contribution is -0.123. The summed E-state index contributed by atoms with van der Waals surface area (Å²) in [6, 6.07) is 7.31. The van der Waals surface area contributed by atoms with Crippen molar-refractivity contribution < 1.29 is 14.3 Å². The van der Waals surface area contributed by atoms with Gasteiger partial charge in [0.15, 0.2) is 6.61 Å². The second-order valence-electron chi connectivity index (χ2n) is 5.80. The minimum absolute atomic E-state index is 0. The first kappa shape index (κ1) is 20.6. The Bertz CT molecular complexity index is 462. The zero-order valence-corrected chi connectivity index (χ0v) is 15.3. The Labute approximate surface area is 151 Å². The van der Waals surface area contributed by atoms with Crippen LogP contribution in [-0.2, 0) is 4.79 Å². The van der Waals surface area contributed by atoms with Gasteiger partial charge in [0.1, 0.15) is 11.5 Å². The second kappa shape index (κ2) is 12.0. The molecule has 1 heterocycles. The number of benzene rings is 1. The van der Waals surface area contributed by atoms with Crippen molar-refractivity contribution in [3.8, 4) is 11.5 Å². The van der Waals surface area contributed by atoms with Gasteiger partial charge < -0.3 is 19.7 Å². The van der Waals surface area contributed by atoms with E-state index in [0.717, 1.165) is 31.7 Å². The number of nitrogens with one attached hydrogen (secondary N) is 1. The van der Waals surface area contributed by atoms with E-state index in [9.17, 15) is 4.79 Å². The molecule has 1 N–H and O–H groups in total. The van der Waals surface area contributed by atoms with Gasteiger partial charge in [0.05, 0.1) is 6.61 Å². The molecule has 1 aliphatic rings. The quantitative estimate of drug-likeness (QED) is 0.655. The van der Waals surface area contributed by atoms with Gasteiger partial charge in [0, 0.05) is 6.54 Å². The van der Waals surface area contributed by atoms with E-state index in [1.165, 1.54) is 25.9 Å². The number of rotatable bonds is 10. The van der Waals surface area contributed by atoms with Crippen molar-refractivity contribution in [3.63, 3.8) is 0 Å². The predicted molar refractivity (Wildman–Crippen MR) is 98.3 cm³/mol. The third-order valence-electron chi connectivity index (χ3n) is 3.93. The maximum absolute atomic E-state index is 11.7. The van der Waals surface area contributed by atoms with Crippen LogP contribution in [0, 0.1) is 0 Å². The first-order valence-corrected chi connectivity index (χ1v) is 8.62. The smallest absolute Gasteiger partial charge is 0.257 e. The zero-order chi connectivity index (χ0) is 16.3. The highest BCUT2D eigenvalue weighted by atomic mass is 35.5. The van der Waals surface area contributed by atoms with Crippen molar-refractivity contribution in [2.75, 3.05) is 39.4 Å². The molecular formula is C18H29ClN2O3. The zero-order valence-electron chi connectivity index (χ0n) is 14.5. The Balaban J connectivity index is 0.00000288. The van der Waals surface area contributed by atoms with Crippen LogP contribution < -0.4 is 14.8 Å². The molecule has 0 saturated carbocycles. The van der Waals surface area contributed by atoms with Crippen LogP contribution in [0.3, 0.4) is 0 Å². The molecule has 1 fully saturated rings. The first-order valence-electron chi connectivity index (χ1n) is 8.62. The summed E-state index contributed by atoms with van der Waals surface area (Å²) >= 11 is 0. The van der Waals surface area contributed by atoms with E-state index >= 15 is 0 Å². The molecule has 6 heteroatoms. The van der Waals surface area contributed by atoms with Gasteiger partial charge in [-0.1, -0.05) is 0 Å². The molecule has 136 valence electrons. The third-order valence-corrected chi connectivity index (χ3v) is 3.93. The molecule has 5 nitrogen and oxygen atoms in total. The number of halogens is 1. The molecule has 0 aliphatic carbocycles. The molecule has 24 heavy (non-hydrogen) atoms. The normalized spacial score (nSPS) is 14.0. The summed E-state index contributed by atoms with van der Waals surface area (Å²) in [6.45, 7) is 6.99. The van der Waals surface area contributed by atoms with Gasteiger partial charge in [-0.2, -0.15) is 0 Å². The number of carbonyl (C=O) groups excluding carboxylic acids is 1. The number of carbonyl (C=O) groups is 1. The molecule has 0 spiro atoms. The second-order valence-corrected chi connectivity index (χ2v) is 5.80. The first-order chi connectivity index (χ1) is 11.3. The predicted octanol–water partition coefficient (Wildman–Crippen LogP) is 2.88. The van der Waals surface area contributed by atoms with E-state index in [-0.39, 0.29) is 24.9 Å². The summed E-state index contributed by atoms with van der Waals surface area (Å²) in [5.41, 5.74) is 0. The van der Waals surface area contributed by atoms with Crippen LogP contribution in [0.4, 0.5) is 0 Å². The fourth-order valence-electron chi connectivity index (χ4n) is 2.69. The average molecular weight is 357 g/mol. The van der Waals surface area contributed by atoms with E-state index in [4.69, 9.17) is 9.47 Å². The highest BCUT2D eigenvalue weighted by Crippen LogP contribution is 2.17. The topological polar surface area (TPSA) is 50.8 Å². The maximum Gasteiger partial charge on any atom is 0.257 e. The number of hydrogen-bond acceptors (Lipinski definition) is 4. The molecular weight excluding hydrogens is 328 g/mol. The summed E-state index contributed by atoms with van der Waals surface area (Å²) in [5.74, 6) is 1.42. The van der Waals surface area contributed by atoms with Crippen LogP contribution in [0.15, 0.2) is 24.3 Å². The number of amides is 1. The van der Waals surface area contributed by atoms with Crippen molar-refractivity contribution in [3.05, 3.63) is 24.3 Å². The van der Waals surface area contributed by atoms with Crippen molar-refractivity contribution in [1.29, 1.82) is 0 Å². The van der Waals surface area contributed by atoms with E-state index < -0.39 is 0 Å². The van der Waals surface area contributed by atoms with Crippen LogP contribution in [0.1, 0.15) is 32.6 Å². The van der Waals surface area contributed by atoms with Crippen LogP contribution in [0.25, 0.3) is 0 Å². The Morgan fingerprint density at radius 2 is 1.71 bits per heavy atom. The van der Waals surface area contributed by atoms with Gasteiger partial charge in [0.25, 0.3) is 5.91 Å². The minimum atomic E-state index is -0.0694. The summed E-state index contributed by atoms with van der Waals surface area (Å²) in [5, 5.41) is 2.90. The molecule has 1 amide bonds. The number of likely N-dealkylation sites (tertiary alicyclic amines) is 1. The lowest BCUT2D eigenvalue weighted by atomic mass is 10.3. The van der Waals surface area contributed by atoms with Gasteiger partial charge in [-0.15, -0.1) is 12.4 Å². The lowest BCUT2D eigenvalue weighted by Gasteiger charge is -2.14. The lowest BCUT2D eigenvalue weighted by Crippen LogP contribution is -2.30. The molecule has 1 aliphatic heterocycles. The van der Waals surface area contributed by atoms with Crippen LogP contribution >= 0.6 is 12.4 Å². The third kappa shape index (κ3) is 7.88. The van der Waals surface area contributed by atoms with Gasteiger partial charge in [-0.25, -0.2) is 0 Å². The number of unbranched alkanes of at least 4 members (excludes halogenated alkanes) is 1. The molecule has 1 saturated heterocycles. The van der Waals surface area contributed by atoms with Gasteiger partial charge in [-0.05, 0) is 76.5 Å². The maximum atomic E-state index is 11.7. The Kier molecular flexibility index (Phi) is 10.3. The van der Waals surface area contributed by atoms with Gasteiger partial charge in [-0.3, -0.25) is 4.79 Å². The number of ether oxygens (including phenoxy) is 2. The number of nitrogens with zero attached hydrogens (tertiary/aromatic N) is 1. The summed E-state index contributed by atoms with van der Waals surface area (Å²) in [6.07, 6.45) is 4.82. The minimum Gasteiger partial charge on any atom is -0.494 e. The highest BCUT2D eigenvalue weighted by molar-refractivity contribution is 5.85. The van der Waals surface area contributed by atoms with Crippen molar-refractivity contribution in [2.24, 2.45) is 0 Å². The molecule has 0 atom stereocenters. The monoisotopic (exact) mass is 356 g/mol. The summed E-state index contributed by atoms with van der Waals surface area (Å²) in [7, 11) is 0. The van der Waals surface area contributed by atoms with Crippen molar-refractivity contribution in [2.45, 2.75) is 32.6 Å². The largest absolute Gasteiger partial charge is 0.494 e. The molecule has 0 radical (unpaired) electrons. The standard InChI is InChI=1S/C18H28N2O3.ClH/c1-2-22-16-7-9-17(10-8-16)23-15-18(21)19-11-3-4-12-20-13-5-6-14-20;/h7-10H,2-6,11-15H2,1H3,(H,19,21);1H. The van der Waals surface area contributed by atoms with E-state index in [1.54, 1.807) is 0 Å². The SMILES string of the molecule is CCOc1ccc(OCC(=O)NCCCCN2CCCC2)cc1.Cl. The average Bonchev–Trinajstić information content (AvgIpc) is 3.07. The molecule has 2 rings (SSSR count). The van der Waals surface area contributed by atoms with Crippen LogP contribution in [0.2, 0.25) is 0 Å². The van der Waals surface area contributed by atoms with Crippen LogP contribution in [0.5, 0.6) is 11.5 Å². The molecule has 1 aromatic carbocycles. The Hall–Kier alpha value is -1.46. The van der Waals surface area contributed by atoms with Crippen molar-refractivity contribution >= 4 is 18.3 Å². The fourth-order valence-corrected chi connectivity index (χ4v) is 2.69. The van der Waals surface area contributed by atoms with Crippen molar-refractivity contribution in [1.82, 2.24) is 10.2 Å².